The molecular formula is C15H24N2O2. The third kappa shape index (κ3) is 5.30. The van der Waals surface area contributed by atoms with Gasteiger partial charge in [-0.3, -0.25) is 4.79 Å². The van der Waals surface area contributed by atoms with E-state index in [1.54, 1.807) is 12.1 Å². The first-order valence-corrected chi connectivity index (χ1v) is 6.67. The van der Waals surface area contributed by atoms with Gasteiger partial charge in [0.1, 0.15) is 5.75 Å². The summed E-state index contributed by atoms with van der Waals surface area (Å²) in [6, 6.07) is 6.70. The van der Waals surface area contributed by atoms with Crippen LogP contribution in [0.25, 0.3) is 0 Å². The summed E-state index contributed by atoms with van der Waals surface area (Å²) in [5.41, 5.74) is 0.859. The first-order valence-electron chi connectivity index (χ1n) is 6.67. The molecule has 1 amide bonds. The van der Waals surface area contributed by atoms with Gasteiger partial charge in [-0.15, -0.1) is 0 Å². The van der Waals surface area contributed by atoms with E-state index in [0.29, 0.717) is 6.54 Å². The van der Waals surface area contributed by atoms with Crippen LogP contribution in [0.2, 0.25) is 0 Å². The van der Waals surface area contributed by atoms with Crippen molar-refractivity contribution >= 4 is 5.91 Å². The van der Waals surface area contributed by atoms with Crippen molar-refractivity contribution in [1.29, 1.82) is 0 Å². The molecule has 4 nitrogen and oxygen atoms in total. The lowest BCUT2D eigenvalue weighted by molar-refractivity contribution is -0.124. The van der Waals surface area contributed by atoms with Crippen LogP contribution in [0.15, 0.2) is 24.3 Å². The van der Waals surface area contributed by atoms with E-state index in [1.165, 1.54) is 0 Å². The van der Waals surface area contributed by atoms with Gasteiger partial charge in [-0.2, -0.15) is 0 Å². The molecule has 0 radical (unpaired) electrons. The van der Waals surface area contributed by atoms with E-state index in [1.807, 2.05) is 32.9 Å². The number of hydrogen-bond donors (Lipinski definition) is 3. The molecule has 0 aliphatic heterocycles. The first kappa shape index (κ1) is 15.5. The number of nitrogens with one attached hydrogen (secondary N) is 2. The number of phenolic OH excluding ortho intramolecular Hbond substituents is 1. The molecule has 4 heteroatoms. The number of benzene rings is 1. The van der Waals surface area contributed by atoms with Crippen molar-refractivity contribution in [2.24, 2.45) is 0 Å². The van der Waals surface area contributed by atoms with Gasteiger partial charge < -0.3 is 15.7 Å². The third-order valence-electron chi connectivity index (χ3n) is 3.29. The second-order valence-electron chi connectivity index (χ2n) is 5.50. The fraction of sp³-hybridized carbons (Fsp3) is 0.533. The van der Waals surface area contributed by atoms with E-state index >= 15 is 0 Å². The van der Waals surface area contributed by atoms with Crippen molar-refractivity contribution in [3.8, 4) is 5.75 Å². The second kappa shape index (κ2) is 6.57. The standard InChI is InChI=1S/C15H24N2O2/c1-5-15(3,4)17-14(19)11(2)16-10-12-6-8-13(18)9-7-12/h6-9,11,16,18H,5,10H2,1-4H3,(H,17,19). The van der Waals surface area contributed by atoms with Crippen LogP contribution in [-0.2, 0) is 11.3 Å². The van der Waals surface area contributed by atoms with E-state index in [4.69, 9.17) is 0 Å². The Morgan fingerprint density at radius 3 is 2.42 bits per heavy atom. The number of amides is 1. The summed E-state index contributed by atoms with van der Waals surface area (Å²) < 4.78 is 0. The molecule has 0 bridgehead atoms. The van der Waals surface area contributed by atoms with Gasteiger partial charge >= 0.3 is 0 Å². The minimum atomic E-state index is -0.250. The molecule has 0 aliphatic carbocycles. The van der Waals surface area contributed by atoms with Crippen LogP contribution in [0.4, 0.5) is 0 Å². The third-order valence-corrected chi connectivity index (χ3v) is 3.29. The number of hydrogen-bond acceptors (Lipinski definition) is 3. The lowest BCUT2D eigenvalue weighted by Gasteiger charge is -2.26. The molecule has 0 spiro atoms. The van der Waals surface area contributed by atoms with Gasteiger partial charge in [0.15, 0.2) is 0 Å². The summed E-state index contributed by atoms with van der Waals surface area (Å²) in [5.74, 6) is 0.255. The largest absolute Gasteiger partial charge is 0.508 e. The van der Waals surface area contributed by atoms with Gasteiger partial charge in [-0.25, -0.2) is 0 Å². The fourth-order valence-corrected chi connectivity index (χ4v) is 1.51. The zero-order valence-corrected chi connectivity index (χ0v) is 12.2. The van der Waals surface area contributed by atoms with Crippen LogP contribution < -0.4 is 10.6 Å². The molecular weight excluding hydrogens is 240 g/mol. The molecule has 19 heavy (non-hydrogen) atoms. The van der Waals surface area contributed by atoms with Crippen LogP contribution in [-0.4, -0.2) is 22.6 Å². The molecule has 0 heterocycles. The lowest BCUT2D eigenvalue weighted by atomic mass is 10.0. The molecule has 0 aromatic heterocycles. The van der Waals surface area contributed by atoms with E-state index in [2.05, 4.69) is 17.6 Å². The monoisotopic (exact) mass is 264 g/mol. The molecule has 0 saturated heterocycles. The van der Waals surface area contributed by atoms with Gasteiger partial charge in [0.25, 0.3) is 0 Å². The van der Waals surface area contributed by atoms with Crippen LogP contribution in [0.3, 0.4) is 0 Å². The van der Waals surface area contributed by atoms with Crippen LogP contribution in [0, 0.1) is 0 Å². The summed E-state index contributed by atoms with van der Waals surface area (Å²) >= 11 is 0. The van der Waals surface area contributed by atoms with Crippen LogP contribution >= 0.6 is 0 Å². The zero-order valence-electron chi connectivity index (χ0n) is 12.2. The molecule has 1 atom stereocenters. The quantitative estimate of drug-likeness (QED) is 0.738. The average molecular weight is 264 g/mol. The van der Waals surface area contributed by atoms with Gasteiger partial charge in [-0.1, -0.05) is 19.1 Å². The lowest BCUT2D eigenvalue weighted by Crippen LogP contribution is -2.50. The molecule has 3 N–H and O–H groups in total. The number of carbonyl (C=O) groups excluding carboxylic acids is 1. The SMILES string of the molecule is CCC(C)(C)NC(=O)C(C)NCc1ccc(O)cc1. The molecule has 1 unspecified atom stereocenters. The van der Waals surface area contributed by atoms with Gasteiger partial charge in [0, 0.05) is 12.1 Å². The molecule has 0 saturated carbocycles. The van der Waals surface area contributed by atoms with Crippen molar-refractivity contribution in [2.45, 2.75) is 52.2 Å². The van der Waals surface area contributed by atoms with Crippen LogP contribution in [0.1, 0.15) is 39.7 Å². The highest BCUT2D eigenvalue weighted by atomic mass is 16.3. The van der Waals surface area contributed by atoms with Crippen molar-refractivity contribution in [2.75, 3.05) is 0 Å². The minimum Gasteiger partial charge on any atom is -0.508 e. The topological polar surface area (TPSA) is 61.4 Å². The van der Waals surface area contributed by atoms with Crippen molar-refractivity contribution in [3.63, 3.8) is 0 Å². The predicted molar refractivity (Wildman–Crippen MR) is 76.9 cm³/mol. The summed E-state index contributed by atoms with van der Waals surface area (Å²) in [7, 11) is 0. The Kier molecular flexibility index (Phi) is 5.36. The number of rotatable bonds is 6. The molecule has 0 aliphatic rings. The van der Waals surface area contributed by atoms with E-state index in [9.17, 15) is 9.90 Å². The van der Waals surface area contributed by atoms with Crippen molar-refractivity contribution in [1.82, 2.24) is 10.6 Å². The van der Waals surface area contributed by atoms with Gasteiger partial charge in [0.05, 0.1) is 6.04 Å². The molecule has 1 rings (SSSR count). The number of aromatic hydroxyl groups is 1. The maximum Gasteiger partial charge on any atom is 0.237 e. The Balaban J connectivity index is 2.44. The van der Waals surface area contributed by atoms with Crippen molar-refractivity contribution < 1.29 is 9.90 Å². The maximum absolute atomic E-state index is 12.0. The van der Waals surface area contributed by atoms with E-state index in [0.717, 1.165) is 12.0 Å². The van der Waals surface area contributed by atoms with E-state index < -0.39 is 0 Å². The van der Waals surface area contributed by atoms with Crippen molar-refractivity contribution in [3.05, 3.63) is 29.8 Å². The summed E-state index contributed by atoms with van der Waals surface area (Å²) in [4.78, 5) is 12.0. The van der Waals surface area contributed by atoms with Crippen LogP contribution in [0.5, 0.6) is 5.75 Å². The highest BCUT2D eigenvalue weighted by Gasteiger charge is 2.21. The predicted octanol–water partition coefficient (Wildman–Crippen LogP) is 2.18. The smallest absolute Gasteiger partial charge is 0.237 e. The Hall–Kier alpha value is -1.55. The van der Waals surface area contributed by atoms with E-state index in [-0.39, 0.29) is 23.2 Å². The number of carbonyl (C=O) groups is 1. The molecule has 106 valence electrons. The minimum absolute atomic E-state index is 0.00521. The highest BCUT2D eigenvalue weighted by Crippen LogP contribution is 2.10. The summed E-state index contributed by atoms with van der Waals surface area (Å²) in [6.07, 6.45) is 0.892. The fourth-order valence-electron chi connectivity index (χ4n) is 1.51. The Bertz CT molecular complexity index is 413. The zero-order chi connectivity index (χ0) is 14.5. The Labute approximate surface area is 115 Å². The first-order chi connectivity index (χ1) is 8.84. The number of phenols is 1. The summed E-state index contributed by atoms with van der Waals surface area (Å²) in [5, 5.41) is 15.4. The Morgan fingerprint density at radius 2 is 1.89 bits per heavy atom. The average Bonchev–Trinajstić information content (AvgIpc) is 2.37. The normalized spacial score (nSPS) is 13.1. The summed E-state index contributed by atoms with van der Waals surface area (Å²) in [6.45, 7) is 8.52. The van der Waals surface area contributed by atoms with Gasteiger partial charge in [0.2, 0.25) is 5.91 Å². The Morgan fingerprint density at radius 1 is 1.32 bits per heavy atom. The molecule has 1 aromatic rings. The molecule has 0 fully saturated rings. The highest BCUT2D eigenvalue weighted by molar-refractivity contribution is 5.81. The van der Waals surface area contributed by atoms with Gasteiger partial charge in [-0.05, 0) is 44.9 Å². The second-order valence-corrected chi connectivity index (χ2v) is 5.50. The maximum atomic E-state index is 12.0. The molecule has 1 aromatic carbocycles.